The van der Waals surface area contributed by atoms with Gasteiger partial charge in [-0.3, -0.25) is 4.79 Å². The number of nitrogens with zero attached hydrogens (tertiary/aromatic N) is 2. The first-order valence-corrected chi connectivity index (χ1v) is 8.58. The van der Waals surface area contributed by atoms with Gasteiger partial charge in [0.25, 0.3) is 0 Å². The molecule has 2 aliphatic heterocycles. The van der Waals surface area contributed by atoms with Gasteiger partial charge in [-0.2, -0.15) is 0 Å². The zero-order valence-electron chi connectivity index (χ0n) is 11.1. The summed E-state index contributed by atoms with van der Waals surface area (Å²) < 4.78 is 6.25. The minimum absolute atomic E-state index is 0.181. The highest BCUT2D eigenvalue weighted by Gasteiger charge is 2.19. The van der Waals surface area contributed by atoms with Crippen molar-refractivity contribution in [1.29, 1.82) is 0 Å². The first-order chi connectivity index (χ1) is 9.83. The smallest absolute Gasteiger partial charge is 0.233 e. The van der Waals surface area contributed by atoms with E-state index in [1.165, 1.54) is 5.56 Å². The van der Waals surface area contributed by atoms with Crippen molar-refractivity contribution < 1.29 is 9.53 Å². The van der Waals surface area contributed by atoms with Crippen LogP contribution in [-0.4, -0.2) is 47.2 Å². The van der Waals surface area contributed by atoms with Crippen LogP contribution >= 0.6 is 23.5 Å². The van der Waals surface area contributed by atoms with Gasteiger partial charge in [-0.25, -0.2) is 4.99 Å². The summed E-state index contributed by atoms with van der Waals surface area (Å²) in [4.78, 5) is 18.6. The number of carbonyl (C=O) groups excluding carboxylic acids is 1. The Morgan fingerprint density at radius 2 is 2.15 bits per heavy atom. The molecule has 0 aromatic heterocycles. The van der Waals surface area contributed by atoms with Crippen LogP contribution < -0.4 is 0 Å². The lowest BCUT2D eigenvalue weighted by Gasteiger charge is -2.26. The van der Waals surface area contributed by atoms with E-state index in [2.05, 4.69) is 11.1 Å². The van der Waals surface area contributed by atoms with E-state index in [-0.39, 0.29) is 5.91 Å². The molecule has 0 saturated carbocycles. The number of ether oxygens (including phenoxy) is 1. The van der Waals surface area contributed by atoms with E-state index < -0.39 is 0 Å². The molecular weight excluding hydrogens is 292 g/mol. The normalized spacial score (nSPS) is 18.4. The highest BCUT2D eigenvalue weighted by Crippen LogP contribution is 2.34. The summed E-state index contributed by atoms with van der Waals surface area (Å²) in [6.07, 6.45) is 0. The van der Waals surface area contributed by atoms with Crippen LogP contribution in [0.1, 0.15) is 5.56 Å². The Bertz CT molecular complexity index is 528. The lowest BCUT2D eigenvalue weighted by molar-refractivity contribution is -0.132. The zero-order chi connectivity index (χ0) is 13.8. The molecule has 106 valence electrons. The molecule has 0 unspecified atom stereocenters. The number of para-hydroxylation sites is 1. The Kier molecular flexibility index (Phi) is 4.65. The second-order valence-electron chi connectivity index (χ2n) is 4.58. The molecule has 3 rings (SSSR count). The Labute approximate surface area is 127 Å². The van der Waals surface area contributed by atoms with Crippen molar-refractivity contribution in [2.75, 3.05) is 32.1 Å². The van der Waals surface area contributed by atoms with Crippen LogP contribution in [0, 0.1) is 0 Å². The third kappa shape index (κ3) is 3.37. The van der Waals surface area contributed by atoms with Crippen molar-refractivity contribution in [2.45, 2.75) is 5.75 Å². The molecule has 1 aromatic rings. The second kappa shape index (κ2) is 6.65. The summed E-state index contributed by atoms with van der Waals surface area (Å²) in [7, 11) is 0. The van der Waals surface area contributed by atoms with E-state index >= 15 is 0 Å². The Hall–Kier alpha value is -0.980. The van der Waals surface area contributed by atoms with E-state index in [0.717, 1.165) is 15.8 Å². The molecule has 0 atom stereocenters. The quantitative estimate of drug-likeness (QED) is 0.842. The van der Waals surface area contributed by atoms with Crippen molar-refractivity contribution in [2.24, 2.45) is 4.99 Å². The minimum Gasteiger partial charge on any atom is -0.378 e. The number of morpholine rings is 1. The molecule has 0 bridgehead atoms. The lowest BCUT2D eigenvalue weighted by atomic mass is 10.2. The molecule has 1 fully saturated rings. The number of fused-ring (bicyclic) bond motifs is 1. The number of thioether (sulfide) groups is 2. The molecule has 1 saturated heterocycles. The van der Waals surface area contributed by atoms with Gasteiger partial charge in [-0.1, -0.05) is 41.7 Å². The summed E-state index contributed by atoms with van der Waals surface area (Å²) in [5, 5.41) is 0. The fourth-order valence-electron chi connectivity index (χ4n) is 2.11. The van der Waals surface area contributed by atoms with Gasteiger partial charge < -0.3 is 9.64 Å². The van der Waals surface area contributed by atoms with Crippen LogP contribution in [0.3, 0.4) is 0 Å². The fourth-order valence-corrected chi connectivity index (χ4v) is 4.08. The van der Waals surface area contributed by atoms with E-state index in [1.54, 1.807) is 23.5 Å². The van der Waals surface area contributed by atoms with E-state index in [9.17, 15) is 4.79 Å². The monoisotopic (exact) mass is 308 g/mol. The lowest BCUT2D eigenvalue weighted by Crippen LogP contribution is -2.41. The number of hydrogen-bond donors (Lipinski definition) is 0. The molecule has 1 amide bonds. The van der Waals surface area contributed by atoms with Gasteiger partial charge in [-0.05, 0) is 11.6 Å². The second-order valence-corrected chi connectivity index (χ2v) is 6.76. The van der Waals surface area contributed by atoms with Crippen LogP contribution in [0.5, 0.6) is 0 Å². The number of aliphatic imine (C=N–C) groups is 1. The van der Waals surface area contributed by atoms with E-state index in [1.807, 2.05) is 23.1 Å². The maximum atomic E-state index is 12.1. The topological polar surface area (TPSA) is 41.9 Å². The maximum absolute atomic E-state index is 12.1. The molecular formula is C14H16N2O2S2. The third-order valence-corrected chi connectivity index (χ3v) is 5.47. The third-order valence-electron chi connectivity index (χ3n) is 3.24. The number of benzene rings is 1. The van der Waals surface area contributed by atoms with E-state index in [4.69, 9.17) is 4.74 Å². The van der Waals surface area contributed by atoms with Crippen LogP contribution in [0.25, 0.3) is 0 Å². The van der Waals surface area contributed by atoms with Gasteiger partial charge >= 0.3 is 0 Å². The van der Waals surface area contributed by atoms with Crippen LogP contribution in [0.15, 0.2) is 29.3 Å². The molecule has 0 radical (unpaired) electrons. The predicted octanol–water partition coefficient (Wildman–Crippen LogP) is 2.51. The van der Waals surface area contributed by atoms with Gasteiger partial charge in [0.2, 0.25) is 5.91 Å². The summed E-state index contributed by atoms with van der Waals surface area (Å²) >= 11 is 3.26. The van der Waals surface area contributed by atoms with Crippen molar-refractivity contribution in [3.8, 4) is 0 Å². The van der Waals surface area contributed by atoms with E-state index in [0.29, 0.717) is 32.1 Å². The summed E-state index contributed by atoms with van der Waals surface area (Å²) in [5.74, 6) is 1.59. The summed E-state index contributed by atoms with van der Waals surface area (Å²) in [6.45, 7) is 2.72. The van der Waals surface area contributed by atoms with Crippen LogP contribution in [0.4, 0.5) is 5.69 Å². The SMILES string of the molecule is O=C(CSC1=Nc2ccccc2CS1)N1CCOCC1. The Morgan fingerprint density at radius 1 is 1.35 bits per heavy atom. The minimum atomic E-state index is 0.181. The van der Waals surface area contributed by atoms with Gasteiger partial charge in [0.1, 0.15) is 4.38 Å². The fraction of sp³-hybridized carbons (Fsp3) is 0.429. The van der Waals surface area contributed by atoms with Gasteiger partial charge in [0.15, 0.2) is 0 Å². The molecule has 0 spiro atoms. The first kappa shape index (κ1) is 14.0. The summed E-state index contributed by atoms with van der Waals surface area (Å²) in [5.41, 5.74) is 2.30. The molecule has 6 heteroatoms. The van der Waals surface area contributed by atoms with Crippen molar-refractivity contribution >= 4 is 39.5 Å². The molecule has 0 N–H and O–H groups in total. The number of carbonyl (C=O) groups is 1. The zero-order valence-corrected chi connectivity index (χ0v) is 12.7. The summed E-state index contributed by atoms with van der Waals surface area (Å²) in [6, 6.07) is 8.17. The van der Waals surface area contributed by atoms with Crippen LogP contribution in [0.2, 0.25) is 0 Å². The highest BCUT2D eigenvalue weighted by atomic mass is 32.2. The van der Waals surface area contributed by atoms with Gasteiger partial charge in [0, 0.05) is 18.8 Å². The number of rotatable bonds is 2. The Balaban J connectivity index is 1.56. The van der Waals surface area contributed by atoms with Crippen LogP contribution in [-0.2, 0) is 15.3 Å². The first-order valence-electron chi connectivity index (χ1n) is 6.60. The van der Waals surface area contributed by atoms with Crippen molar-refractivity contribution in [3.63, 3.8) is 0 Å². The van der Waals surface area contributed by atoms with Crippen molar-refractivity contribution in [3.05, 3.63) is 29.8 Å². The van der Waals surface area contributed by atoms with Gasteiger partial charge in [0.05, 0.1) is 24.7 Å². The van der Waals surface area contributed by atoms with Gasteiger partial charge in [-0.15, -0.1) is 0 Å². The average molecular weight is 308 g/mol. The largest absolute Gasteiger partial charge is 0.378 e. The van der Waals surface area contributed by atoms with Crippen molar-refractivity contribution in [1.82, 2.24) is 4.90 Å². The molecule has 20 heavy (non-hydrogen) atoms. The molecule has 1 aromatic carbocycles. The standard InChI is InChI=1S/C14H16N2O2S2/c17-13(16-5-7-18-8-6-16)10-20-14-15-12-4-2-1-3-11(12)9-19-14/h1-4H,5-10H2. The number of amides is 1. The molecule has 4 nitrogen and oxygen atoms in total. The Morgan fingerprint density at radius 3 is 3.00 bits per heavy atom. The molecule has 2 aliphatic rings. The average Bonchev–Trinajstić information content (AvgIpc) is 2.53. The maximum Gasteiger partial charge on any atom is 0.233 e. The number of hydrogen-bond acceptors (Lipinski definition) is 5. The molecule has 2 heterocycles. The molecule has 0 aliphatic carbocycles. The predicted molar refractivity (Wildman–Crippen MR) is 84.7 cm³/mol. The highest BCUT2D eigenvalue weighted by molar-refractivity contribution is 8.38.